The van der Waals surface area contributed by atoms with Crippen LogP contribution in [0, 0.1) is 0 Å². The van der Waals surface area contributed by atoms with Gasteiger partial charge in [0, 0.05) is 11.4 Å². The highest BCUT2D eigenvalue weighted by molar-refractivity contribution is 6.30. The maximum atomic E-state index is 12.5. The van der Waals surface area contributed by atoms with Crippen LogP contribution < -0.4 is 5.73 Å². The van der Waals surface area contributed by atoms with Gasteiger partial charge in [-0.2, -0.15) is 13.2 Å². The molecule has 0 heterocycles. The van der Waals surface area contributed by atoms with Crippen LogP contribution in [-0.2, 0) is 11.2 Å². The van der Waals surface area contributed by atoms with Crippen LogP contribution in [0.4, 0.5) is 13.2 Å². The molecular formula is C11H11ClF3NO. The molecule has 1 atom stereocenters. The van der Waals surface area contributed by atoms with Gasteiger partial charge in [-0.25, -0.2) is 0 Å². The molecule has 0 radical (unpaired) electrons. The summed E-state index contributed by atoms with van der Waals surface area (Å²) in [4.78, 5) is 11.5. The maximum Gasteiger partial charge on any atom is 0.413 e. The van der Waals surface area contributed by atoms with Gasteiger partial charge in [0.15, 0.2) is 11.3 Å². The first kappa shape index (κ1) is 14.0. The number of nitrogens with two attached hydrogens (primary N) is 1. The predicted molar refractivity (Wildman–Crippen MR) is 58.8 cm³/mol. The number of ketones is 1. The average molecular weight is 266 g/mol. The van der Waals surface area contributed by atoms with Gasteiger partial charge < -0.3 is 5.73 Å². The first-order valence-corrected chi connectivity index (χ1v) is 5.16. The van der Waals surface area contributed by atoms with Crippen LogP contribution in [0.3, 0.4) is 0 Å². The number of halogens is 4. The van der Waals surface area contributed by atoms with Crippen LogP contribution in [0.2, 0.25) is 5.02 Å². The zero-order chi connectivity index (χ0) is 13.3. The third-order valence-corrected chi connectivity index (χ3v) is 2.70. The zero-order valence-corrected chi connectivity index (χ0v) is 9.77. The normalized spacial score (nSPS) is 15.4. The fraction of sp³-hybridized carbons (Fsp3) is 0.364. The highest BCUT2D eigenvalue weighted by Gasteiger charge is 2.53. The standard InChI is InChI=1S/C11H11ClF3NO/c1-10(16,11(13,14)15)9(17)6-7-2-4-8(12)5-3-7/h2-5H,6,16H2,1H3. The Morgan fingerprint density at radius 3 is 2.18 bits per heavy atom. The summed E-state index contributed by atoms with van der Waals surface area (Å²) in [5.74, 6) is -1.08. The first-order chi connectivity index (χ1) is 7.64. The first-order valence-electron chi connectivity index (χ1n) is 4.78. The molecule has 0 fully saturated rings. The molecule has 94 valence electrons. The monoisotopic (exact) mass is 265 g/mol. The Kier molecular flexibility index (Phi) is 3.84. The van der Waals surface area contributed by atoms with Crippen molar-refractivity contribution in [3.63, 3.8) is 0 Å². The quantitative estimate of drug-likeness (QED) is 0.913. The second kappa shape index (κ2) is 4.66. The van der Waals surface area contributed by atoms with Gasteiger partial charge in [0.05, 0.1) is 0 Å². The van der Waals surface area contributed by atoms with E-state index in [4.69, 9.17) is 17.3 Å². The molecule has 6 heteroatoms. The van der Waals surface area contributed by atoms with Crippen LogP contribution in [0.5, 0.6) is 0 Å². The van der Waals surface area contributed by atoms with Crippen molar-refractivity contribution in [3.05, 3.63) is 34.9 Å². The van der Waals surface area contributed by atoms with Gasteiger partial charge in [-0.05, 0) is 24.6 Å². The Bertz CT molecular complexity index is 412. The third kappa shape index (κ3) is 3.20. The van der Waals surface area contributed by atoms with Crippen molar-refractivity contribution in [2.75, 3.05) is 0 Å². The molecule has 0 spiro atoms. The van der Waals surface area contributed by atoms with Crippen LogP contribution >= 0.6 is 11.6 Å². The van der Waals surface area contributed by atoms with Crippen LogP contribution in [-0.4, -0.2) is 17.5 Å². The van der Waals surface area contributed by atoms with Gasteiger partial charge in [0.1, 0.15) is 0 Å². The minimum Gasteiger partial charge on any atom is -0.312 e. The fourth-order valence-corrected chi connectivity index (χ4v) is 1.26. The zero-order valence-electron chi connectivity index (χ0n) is 9.01. The highest BCUT2D eigenvalue weighted by atomic mass is 35.5. The van der Waals surface area contributed by atoms with Gasteiger partial charge in [0.25, 0.3) is 0 Å². The Hall–Kier alpha value is -1.07. The molecule has 0 bridgehead atoms. The molecule has 1 aromatic carbocycles. The smallest absolute Gasteiger partial charge is 0.312 e. The van der Waals surface area contributed by atoms with Gasteiger partial charge in [-0.1, -0.05) is 23.7 Å². The van der Waals surface area contributed by atoms with E-state index in [-0.39, 0.29) is 6.42 Å². The van der Waals surface area contributed by atoms with Crippen molar-refractivity contribution in [1.82, 2.24) is 0 Å². The Morgan fingerprint density at radius 2 is 1.76 bits per heavy atom. The molecule has 1 unspecified atom stereocenters. The van der Waals surface area contributed by atoms with E-state index < -0.39 is 17.5 Å². The van der Waals surface area contributed by atoms with E-state index in [1.165, 1.54) is 24.3 Å². The SMILES string of the molecule is CC(N)(C(=O)Cc1ccc(Cl)cc1)C(F)(F)F. The van der Waals surface area contributed by atoms with E-state index in [1.54, 1.807) is 0 Å². The summed E-state index contributed by atoms with van der Waals surface area (Å²) in [6.07, 6.45) is -5.12. The number of benzene rings is 1. The van der Waals surface area contributed by atoms with Crippen LogP contribution in [0.1, 0.15) is 12.5 Å². The van der Waals surface area contributed by atoms with Crippen molar-refractivity contribution in [2.24, 2.45) is 5.73 Å². The average Bonchev–Trinajstić information content (AvgIpc) is 2.19. The molecule has 0 aliphatic heterocycles. The molecule has 17 heavy (non-hydrogen) atoms. The molecule has 2 N–H and O–H groups in total. The largest absolute Gasteiger partial charge is 0.413 e. The lowest BCUT2D eigenvalue weighted by atomic mass is 9.92. The number of hydrogen-bond donors (Lipinski definition) is 1. The summed E-state index contributed by atoms with van der Waals surface area (Å²) in [7, 11) is 0. The molecule has 2 nitrogen and oxygen atoms in total. The Labute approximate surface area is 102 Å². The van der Waals surface area contributed by atoms with Gasteiger partial charge in [-0.15, -0.1) is 0 Å². The minimum atomic E-state index is -4.75. The van der Waals surface area contributed by atoms with E-state index in [0.717, 1.165) is 0 Å². The maximum absolute atomic E-state index is 12.5. The fourth-order valence-electron chi connectivity index (χ4n) is 1.13. The molecule has 0 aromatic heterocycles. The summed E-state index contributed by atoms with van der Waals surface area (Å²) >= 11 is 5.62. The lowest BCUT2D eigenvalue weighted by Crippen LogP contribution is -2.57. The van der Waals surface area contributed by atoms with E-state index >= 15 is 0 Å². The summed E-state index contributed by atoms with van der Waals surface area (Å²) in [5.41, 5.74) is 2.63. The molecule has 1 aromatic rings. The van der Waals surface area contributed by atoms with E-state index in [1.807, 2.05) is 0 Å². The number of Topliss-reactive ketones (excluding diaryl/α,β-unsaturated/α-hetero) is 1. The topological polar surface area (TPSA) is 43.1 Å². The molecule has 0 aliphatic carbocycles. The third-order valence-electron chi connectivity index (χ3n) is 2.45. The minimum absolute atomic E-state index is 0.371. The number of carbonyl (C=O) groups excluding carboxylic acids is 1. The Balaban J connectivity index is 2.83. The van der Waals surface area contributed by atoms with Gasteiger partial charge in [0.2, 0.25) is 0 Å². The van der Waals surface area contributed by atoms with Gasteiger partial charge in [-0.3, -0.25) is 4.79 Å². The summed E-state index contributed by atoms with van der Waals surface area (Å²) in [6.45, 7) is 0.672. The summed E-state index contributed by atoms with van der Waals surface area (Å²) < 4.78 is 37.5. The van der Waals surface area contributed by atoms with Crippen molar-refractivity contribution >= 4 is 17.4 Å². The van der Waals surface area contributed by atoms with Crippen molar-refractivity contribution in [2.45, 2.75) is 25.1 Å². The number of hydrogen-bond acceptors (Lipinski definition) is 2. The lowest BCUT2D eigenvalue weighted by molar-refractivity contribution is -0.185. The summed E-state index contributed by atoms with van der Waals surface area (Å²) in [5, 5.41) is 0.451. The van der Waals surface area contributed by atoms with Crippen molar-refractivity contribution < 1.29 is 18.0 Å². The molecule has 0 saturated carbocycles. The molecule has 1 rings (SSSR count). The lowest BCUT2D eigenvalue weighted by Gasteiger charge is -2.25. The van der Waals surface area contributed by atoms with E-state index in [2.05, 4.69) is 0 Å². The van der Waals surface area contributed by atoms with Gasteiger partial charge >= 0.3 is 6.18 Å². The number of carbonyl (C=O) groups is 1. The van der Waals surface area contributed by atoms with Crippen LogP contribution in [0.25, 0.3) is 0 Å². The molecular weight excluding hydrogens is 255 g/mol. The Morgan fingerprint density at radius 1 is 1.29 bits per heavy atom. The number of rotatable bonds is 3. The molecule has 0 saturated heterocycles. The molecule has 0 aliphatic rings. The van der Waals surface area contributed by atoms with Crippen molar-refractivity contribution in [3.8, 4) is 0 Å². The predicted octanol–water partition coefficient (Wildman–Crippen LogP) is 2.73. The van der Waals surface area contributed by atoms with E-state index in [9.17, 15) is 18.0 Å². The summed E-state index contributed by atoms with van der Waals surface area (Å²) in [6, 6.07) is 6.00. The van der Waals surface area contributed by atoms with E-state index in [0.29, 0.717) is 17.5 Å². The highest BCUT2D eigenvalue weighted by Crippen LogP contribution is 2.29. The van der Waals surface area contributed by atoms with Crippen molar-refractivity contribution in [1.29, 1.82) is 0 Å². The second-order valence-corrected chi connectivity index (χ2v) is 4.36. The second-order valence-electron chi connectivity index (χ2n) is 3.93. The number of alkyl halides is 3. The van der Waals surface area contributed by atoms with Crippen LogP contribution in [0.15, 0.2) is 24.3 Å². The molecule has 0 amide bonds.